The molecule has 1 aromatic carbocycles. The Morgan fingerprint density at radius 1 is 1.14 bits per heavy atom. The number of phenolic OH excluding ortho intramolecular Hbond substituents is 1. The molecule has 1 unspecified atom stereocenters. The van der Waals surface area contributed by atoms with E-state index < -0.39 is 40.6 Å². The number of allylic oxidation sites excluding steroid dienone is 4. The quantitative estimate of drug-likeness (QED) is 0.371. The van der Waals surface area contributed by atoms with Crippen molar-refractivity contribution in [3.63, 3.8) is 0 Å². The number of nitrogens with two attached hydrogens (primary N) is 1. The van der Waals surface area contributed by atoms with Gasteiger partial charge in [0.2, 0.25) is 0 Å². The van der Waals surface area contributed by atoms with Crippen molar-refractivity contribution < 1.29 is 29.7 Å². The third kappa shape index (κ3) is 3.72. The minimum atomic E-state index is -1.12. The zero-order chi connectivity index (χ0) is 25.7. The van der Waals surface area contributed by atoms with Crippen molar-refractivity contribution in [3.05, 3.63) is 56.9 Å². The molecule has 0 radical (unpaired) electrons. The summed E-state index contributed by atoms with van der Waals surface area (Å²) in [6.07, 6.45) is 7.63. The largest absolute Gasteiger partial charge is 0.511 e. The lowest BCUT2D eigenvalue weighted by molar-refractivity contribution is -0.127. The Morgan fingerprint density at radius 3 is 2.58 bits per heavy atom. The van der Waals surface area contributed by atoms with Crippen molar-refractivity contribution in [2.24, 2.45) is 23.5 Å². The van der Waals surface area contributed by atoms with Gasteiger partial charge in [0.1, 0.15) is 22.8 Å². The molecule has 3 atom stereocenters. The molecule has 0 spiro atoms. The van der Waals surface area contributed by atoms with Crippen molar-refractivity contribution in [2.75, 3.05) is 0 Å². The van der Waals surface area contributed by atoms with Gasteiger partial charge in [0.15, 0.2) is 11.6 Å². The lowest BCUT2D eigenvalue weighted by Crippen LogP contribution is -2.44. The summed E-state index contributed by atoms with van der Waals surface area (Å²) >= 11 is 0. The number of rotatable bonds is 2. The van der Waals surface area contributed by atoms with Gasteiger partial charge >= 0.3 is 0 Å². The second-order valence-electron chi connectivity index (χ2n) is 10.1. The predicted octanol–water partition coefficient (Wildman–Crippen LogP) is 3.72. The van der Waals surface area contributed by atoms with Crippen LogP contribution in [0.1, 0.15) is 67.7 Å². The van der Waals surface area contributed by atoms with Crippen molar-refractivity contribution >= 4 is 23.2 Å². The van der Waals surface area contributed by atoms with E-state index in [-0.39, 0.29) is 35.0 Å². The number of primary amides is 1. The van der Waals surface area contributed by atoms with Crippen molar-refractivity contribution in [1.29, 1.82) is 0 Å². The van der Waals surface area contributed by atoms with Crippen LogP contribution in [-0.4, -0.2) is 32.8 Å². The maximum absolute atomic E-state index is 13.6. The van der Waals surface area contributed by atoms with E-state index in [4.69, 9.17) is 5.73 Å². The van der Waals surface area contributed by atoms with Crippen LogP contribution in [0.15, 0.2) is 34.6 Å². The smallest absolute Gasteiger partial charge is 0.255 e. The number of carbonyl (C=O) groups is 3. The molecule has 36 heavy (non-hydrogen) atoms. The van der Waals surface area contributed by atoms with Crippen LogP contribution < -0.4 is 5.73 Å². The fourth-order valence-corrected chi connectivity index (χ4v) is 6.30. The summed E-state index contributed by atoms with van der Waals surface area (Å²) in [5.74, 6) is 0.982. The molecule has 5 N–H and O–H groups in total. The van der Waals surface area contributed by atoms with Gasteiger partial charge in [0.05, 0.1) is 17.0 Å². The first-order valence-electron chi connectivity index (χ1n) is 12.5. The summed E-state index contributed by atoms with van der Waals surface area (Å²) in [6.45, 7) is 1.99. The standard InChI is InChI=1S/C29H29NO6/c1-2-15-10-16(9-8-14-6-4-3-5-7-14)25(32)23-19(15)12-17-11-18-13-20(31)24(29(30)36)28(35)22(18)26(33)21(17)27(23)34/h6,10,17-18,22,32,34-35H,2-5,7,11-13H2,1H3,(H2,30,36)/t17-,18+,22?/m1/s1. The number of Topliss-reactive ketones (excluding diaryl/α,β-unsaturated/α-hetero) is 2. The third-order valence-electron chi connectivity index (χ3n) is 8.01. The Labute approximate surface area is 209 Å². The maximum Gasteiger partial charge on any atom is 0.255 e. The number of fused-ring (bicyclic) bond motifs is 3. The van der Waals surface area contributed by atoms with Crippen LogP contribution in [0.3, 0.4) is 0 Å². The van der Waals surface area contributed by atoms with E-state index in [9.17, 15) is 29.7 Å². The van der Waals surface area contributed by atoms with Crippen LogP contribution in [0, 0.1) is 29.6 Å². The lowest BCUT2D eigenvalue weighted by Gasteiger charge is -2.41. The van der Waals surface area contributed by atoms with Crippen molar-refractivity contribution in [1.82, 2.24) is 0 Å². The van der Waals surface area contributed by atoms with Crippen LogP contribution in [0.25, 0.3) is 5.76 Å². The van der Waals surface area contributed by atoms with Gasteiger partial charge in [-0.2, -0.15) is 0 Å². The Hall–Kier alpha value is -3.79. The third-order valence-corrected chi connectivity index (χ3v) is 8.01. The number of ketones is 2. The number of hydrogen-bond acceptors (Lipinski definition) is 6. The van der Waals surface area contributed by atoms with E-state index in [0.717, 1.165) is 42.4 Å². The normalized spacial score (nSPS) is 25.4. The molecule has 1 fully saturated rings. The van der Waals surface area contributed by atoms with E-state index in [1.165, 1.54) is 0 Å². The van der Waals surface area contributed by atoms with Crippen LogP contribution in [0.4, 0.5) is 0 Å². The fraction of sp³-hybridized carbons (Fsp3) is 0.414. The van der Waals surface area contributed by atoms with Gasteiger partial charge < -0.3 is 21.1 Å². The summed E-state index contributed by atoms with van der Waals surface area (Å²) in [7, 11) is 0. The molecule has 0 aliphatic heterocycles. The predicted molar refractivity (Wildman–Crippen MR) is 133 cm³/mol. The Balaban J connectivity index is 1.63. The molecule has 0 heterocycles. The first-order chi connectivity index (χ1) is 17.2. The van der Waals surface area contributed by atoms with Crippen LogP contribution >= 0.6 is 0 Å². The van der Waals surface area contributed by atoms with E-state index in [0.29, 0.717) is 24.8 Å². The summed E-state index contributed by atoms with van der Waals surface area (Å²) in [5.41, 5.74) is 8.21. The van der Waals surface area contributed by atoms with Crippen molar-refractivity contribution in [2.45, 2.75) is 58.3 Å². The maximum atomic E-state index is 13.6. The van der Waals surface area contributed by atoms with E-state index in [2.05, 4.69) is 17.9 Å². The molecule has 5 rings (SSSR count). The monoisotopic (exact) mass is 487 g/mol. The highest BCUT2D eigenvalue weighted by molar-refractivity contribution is 6.21. The Bertz CT molecular complexity index is 1370. The minimum absolute atomic E-state index is 0.0631. The molecule has 0 aromatic heterocycles. The highest BCUT2D eigenvalue weighted by Crippen LogP contribution is 2.51. The van der Waals surface area contributed by atoms with Gasteiger partial charge in [-0.15, -0.1) is 0 Å². The number of carbonyl (C=O) groups excluding carboxylic acids is 3. The first-order valence-corrected chi connectivity index (χ1v) is 12.5. The number of amides is 1. The van der Waals surface area contributed by atoms with Gasteiger partial charge in [-0.1, -0.05) is 24.8 Å². The number of phenols is 1. The minimum Gasteiger partial charge on any atom is -0.511 e. The topological polar surface area (TPSA) is 138 Å². The van der Waals surface area contributed by atoms with E-state index in [1.54, 1.807) is 0 Å². The number of hydrogen-bond donors (Lipinski definition) is 4. The van der Waals surface area contributed by atoms with Gasteiger partial charge in [0, 0.05) is 12.0 Å². The second kappa shape index (κ2) is 9.02. The number of aliphatic hydroxyl groups excluding tert-OH is 2. The Morgan fingerprint density at radius 2 is 1.92 bits per heavy atom. The summed E-state index contributed by atoms with van der Waals surface area (Å²) < 4.78 is 0. The van der Waals surface area contributed by atoms with E-state index >= 15 is 0 Å². The summed E-state index contributed by atoms with van der Waals surface area (Å²) in [5, 5.41) is 33.2. The fourth-order valence-electron chi connectivity index (χ4n) is 6.30. The SMILES string of the molecule is CCc1cc(C#CC2=CCCCC2)c(O)c2c1C[C@H]1C[C@H]3CC(=O)C(C(N)=O)=C(O)C3C(=O)C1=C2O. The van der Waals surface area contributed by atoms with Crippen LogP contribution in [-0.2, 0) is 27.2 Å². The zero-order valence-corrected chi connectivity index (χ0v) is 20.2. The molecule has 1 saturated carbocycles. The molecule has 4 aliphatic carbocycles. The molecule has 7 heteroatoms. The first kappa shape index (κ1) is 23.9. The Kier molecular flexibility index (Phi) is 5.99. The second-order valence-corrected chi connectivity index (χ2v) is 10.1. The highest BCUT2D eigenvalue weighted by Gasteiger charge is 2.51. The molecule has 4 aliphatic rings. The van der Waals surface area contributed by atoms with Gasteiger partial charge in [-0.25, -0.2) is 0 Å². The molecular weight excluding hydrogens is 458 g/mol. The number of aliphatic hydroxyl groups is 2. The zero-order valence-electron chi connectivity index (χ0n) is 20.2. The molecule has 186 valence electrons. The summed E-state index contributed by atoms with van der Waals surface area (Å²) in [6, 6.07) is 1.86. The molecular formula is C29H29NO6. The van der Waals surface area contributed by atoms with Crippen LogP contribution in [0.5, 0.6) is 5.75 Å². The van der Waals surface area contributed by atoms with Crippen LogP contribution in [0.2, 0.25) is 0 Å². The number of aromatic hydroxyl groups is 1. The van der Waals surface area contributed by atoms with Gasteiger partial charge in [0.25, 0.3) is 5.91 Å². The molecule has 0 saturated heterocycles. The lowest BCUT2D eigenvalue weighted by atomic mass is 9.61. The van der Waals surface area contributed by atoms with Gasteiger partial charge in [-0.05, 0) is 79.5 Å². The average Bonchev–Trinajstić information content (AvgIpc) is 2.83. The molecule has 0 bridgehead atoms. The number of benzene rings is 1. The summed E-state index contributed by atoms with van der Waals surface area (Å²) in [4.78, 5) is 37.8. The molecule has 7 nitrogen and oxygen atoms in total. The van der Waals surface area contributed by atoms with Gasteiger partial charge in [-0.3, -0.25) is 14.4 Å². The highest BCUT2D eigenvalue weighted by atomic mass is 16.3. The molecule has 1 aromatic rings. The van der Waals surface area contributed by atoms with E-state index in [1.807, 2.05) is 13.0 Å². The van der Waals surface area contributed by atoms with Crippen molar-refractivity contribution in [3.8, 4) is 17.6 Å². The number of aryl methyl sites for hydroxylation is 1. The average molecular weight is 488 g/mol. The molecule has 1 amide bonds.